The topological polar surface area (TPSA) is 37.8 Å². The summed E-state index contributed by atoms with van der Waals surface area (Å²) in [5, 5.41) is 3.55. The van der Waals surface area contributed by atoms with Crippen molar-refractivity contribution in [1.29, 1.82) is 0 Å². The number of hydrogen-bond donors (Lipinski definition) is 1. The summed E-state index contributed by atoms with van der Waals surface area (Å²) >= 11 is 0. The van der Waals surface area contributed by atoms with Crippen LogP contribution in [0.4, 0.5) is 0 Å². The van der Waals surface area contributed by atoms with Crippen molar-refractivity contribution >= 4 is 11.0 Å². The second-order valence-electron chi connectivity index (χ2n) is 4.56. The molecule has 3 nitrogen and oxygen atoms in total. The molecule has 3 heteroatoms. The number of benzene rings is 1. The van der Waals surface area contributed by atoms with E-state index >= 15 is 0 Å². The number of nitrogens with one attached hydrogen (secondary N) is 1. The van der Waals surface area contributed by atoms with Crippen LogP contribution in [0.1, 0.15) is 44.7 Å². The van der Waals surface area contributed by atoms with Gasteiger partial charge in [-0.1, -0.05) is 32.8 Å². The van der Waals surface area contributed by atoms with Gasteiger partial charge in [0.05, 0.1) is 11.0 Å². The zero-order chi connectivity index (χ0) is 12.8. The third kappa shape index (κ3) is 3.05. The second kappa shape index (κ2) is 6.45. The fourth-order valence-electron chi connectivity index (χ4n) is 2.24. The first kappa shape index (κ1) is 13.0. The second-order valence-corrected chi connectivity index (χ2v) is 4.56. The van der Waals surface area contributed by atoms with Gasteiger partial charge in [-0.3, -0.25) is 9.97 Å². The summed E-state index contributed by atoms with van der Waals surface area (Å²) in [7, 11) is 0. The molecule has 1 unspecified atom stereocenters. The van der Waals surface area contributed by atoms with Crippen molar-refractivity contribution in [2.24, 2.45) is 0 Å². The SMILES string of the molecule is CCCCC(NCC)c1ccc2nccnc2c1. The smallest absolute Gasteiger partial charge is 0.0890 e. The molecule has 0 fully saturated rings. The number of unbranched alkanes of at least 4 members (excludes halogenated alkanes) is 1. The molecule has 0 amide bonds. The normalized spacial score (nSPS) is 12.8. The molecule has 1 heterocycles. The predicted molar refractivity (Wildman–Crippen MR) is 75.5 cm³/mol. The average Bonchev–Trinajstić information content (AvgIpc) is 2.43. The minimum atomic E-state index is 0.432. The Morgan fingerprint density at radius 1 is 1.11 bits per heavy atom. The van der Waals surface area contributed by atoms with Crippen molar-refractivity contribution in [1.82, 2.24) is 15.3 Å². The lowest BCUT2D eigenvalue weighted by Gasteiger charge is -2.18. The first-order chi connectivity index (χ1) is 8.85. The molecule has 1 N–H and O–H groups in total. The lowest BCUT2D eigenvalue weighted by molar-refractivity contribution is 0.495. The highest BCUT2D eigenvalue weighted by Gasteiger charge is 2.10. The Hall–Kier alpha value is -1.48. The van der Waals surface area contributed by atoms with E-state index in [2.05, 4.69) is 47.3 Å². The van der Waals surface area contributed by atoms with Crippen LogP contribution in [-0.2, 0) is 0 Å². The van der Waals surface area contributed by atoms with Gasteiger partial charge in [-0.25, -0.2) is 0 Å². The Morgan fingerprint density at radius 3 is 2.61 bits per heavy atom. The van der Waals surface area contributed by atoms with Gasteiger partial charge in [0, 0.05) is 18.4 Å². The number of rotatable bonds is 6. The summed E-state index contributed by atoms with van der Waals surface area (Å²) in [6.45, 7) is 5.38. The maximum Gasteiger partial charge on any atom is 0.0890 e. The summed E-state index contributed by atoms with van der Waals surface area (Å²) in [5.74, 6) is 0. The maximum absolute atomic E-state index is 4.37. The molecule has 0 radical (unpaired) electrons. The van der Waals surface area contributed by atoms with Gasteiger partial charge in [0.15, 0.2) is 0 Å². The monoisotopic (exact) mass is 243 g/mol. The van der Waals surface area contributed by atoms with E-state index in [0.717, 1.165) is 17.6 Å². The van der Waals surface area contributed by atoms with Crippen molar-refractivity contribution in [3.05, 3.63) is 36.2 Å². The van der Waals surface area contributed by atoms with Gasteiger partial charge in [0.1, 0.15) is 0 Å². The van der Waals surface area contributed by atoms with E-state index in [4.69, 9.17) is 0 Å². The van der Waals surface area contributed by atoms with E-state index in [9.17, 15) is 0 Å². The summed E-state index contributed by atoms with van der Waals surface area (Å²) in [6, 6.07) is 6.82. The minimum absolute atomic E-state index is 0.432. The number of hydrogen-bond acceptors (Lipinski definition) is 3. The van der Waals surface area contributed by atoms with Crippen LogP contribution in [0.3, 0.4) is 0 Å². The molecule has 2 aromatic rings. The Bertz CT molecular complexity index is 496. The van der Waals surface area contributed by atoms with Crippen molar-refractivity contribution < 1.29 is 0 Å². The standard InChI is InChI=1S/C15H21N3/c1-3-5-6-13(16-4-2)12-7-8-14-15(11-12)18-10-9-17-14/h7-11,13,16H,3-6H2,1-2H3. The summed E-state index contributed by atoms with van der Waals surface area (Å²) < 4.78 is 0. The van der Waals surface area contributed by atoms with Crippen LogP contribution in [0.25, 0.3) is 11.0 Å². The van der Waals surface area contributed by atoms with Crippen LogP contribution >= 0.6 is 0 Å². The summed E-state index contributed by atoms with van der Waals surface area (Å²) in [4.78, 5) is 8.68. The molecule has 0 aliphatic rings. The van der Waals surface area contributed by atoms with Crippen LogP contribution in [0.2, 0.25) is 0 Å². The van der Waals surface area contributed by atoms with Gasteiger partial charge in [-0.2, -0.15) is 0 Å². The van der Waals surface area contributed by atoms with Crippen LogP contribution in [0, 0.1) is 0 Å². The van der Waals surface area contributed by atoms with Crippen LogP contribution < -0.4 is 5.32 Å². The molecule has 0 saturated heterocycles. The molecule has 1 aromatic heterocycles. The molecular formula is C15H21N3. The highest BCUT2D eigenvalue weighted by Crippen LogP contribution is 2.22. The lowest BCUT2D eigenvalue weighted by Crippen LogP contribution is -2.20. The van der Waals surface area contributed by atoms with E-state index in [1.165, 1.54) is 24.8 Å². The van der Waals surface area contributed by atoms with Crippen molar-refractivity contribution in [2.45, 2.75) is 39.2 Å². The first-order valence-corrected chi connectivity index (χ1v) is 6.79. The fourth-order valence-corrected chi connectivity index (χ4v) is 2.24. The molecule has 0 saturated carbocycles. The lowest BCUT2D eigenvalue weighted by atomic mass is 10.0. The quantitative estimate of drug-likeness (QED) is 0.844. The number of aromatic nitrogens is 2. The third-order valence-electron chi connectivity index (χ3n) is 3.19. The molecule has 96 valence electrons. The van der Waals surface area contributed by atoms with E-state index in [1.54, 1.807) is 12.4 Å². The van der Waals surface area contributed by atoms with E-state index < -0.39 is 0 Å². The molecular weight excluding hydrogens is 222 g/mol. The molecule has 2 rings (SSSR count). The molecule has 0 aliphatic carbocycles. The highest BCUT2D eigenvalue weighted by atomic mass is 14.9. The van der Waals surface area contributed by atoms with Gasteiger partial charge >= 0.3 is 0 Å². The van der Waals surface area contributed by atoms with E-state index in [-0.39, 0.29) is 0 Å². The maximum atomic E-state index is 4.37. The Labute approximate surface area is 109 Å². The molecule has 0 aliphatic heterocycles. The van der Waals surface area contributed by atoms with Crippen LogP contribution in [0.5, 0.6) is 0 Å². The van der Waals surface area contributed by atoms with Crippen molar-refractivity contribution in [3.8, 4) is 0 Å². The molecule has 1 aromatic carbocycles. The van der Waals surface area contributed by atoms with Crippen LogP contribution in [-0.4, -0.2) is 16.5 Å². The zero-order valence-corrected chi connectivity index (χ0v) is 11.2. The van der Waals surface area contributed by atoms with E-state index in [0.29, 0.717) is 6.04 Å². The Morgan fingerprint density at radius 2 is 1.89 bits per heavy atom. The summed E-state index contributed by atoms with van der Waals surface area (Å²) in [6.07, 6.45) is 7.14. The zero-order valence-electron chi connectivity index (χ0n) is 11.2. The van der Waals surface area contributed by atoms with Crippen molar-refractivity contribution in [2.75, 3.05) is 6.54 Å². The van der Waals surface area contributed by atoms with E-state index in [1.807, 2.05) is 0 Å². The number of nitrogens with zero attached hydrogens (tertiary/aromatic N) is 2. The number of fused-ring (bicyclic) bond motifs is 1. The fraction of sp³-hybridized carbons (Fsp3) is 0.467. The molecule has 18 heavy (non-hydrogen) atoms. The van der Waals surface area contributed by atoms with Gasteiger partial charge in [-0.15, -0.1) is 0 Å². The van der Waals surface area contributed by atoms with Gasteiger partial charge in [-0.05, 0) is 30.7 Å². The van der Waals surface area contributed by atoms with Gasteiger partial charge < -0.3 is 5.32 Å². The third-order valence-corrected chi connectivity index (χ3v) is 3.19. The average molecular weight is 243 g/mol. The molecule has 1 atom stereocenters. The molecule has 0 bridgehead atoms. The first-order valence-electron chi connectivity index (χ1n) is 6.79. The molecule has 0 spiro atoms. The largest absolute Gasteiger partial charge is 0.310 e. The predicted octanol–water partition coefficient (Wildman–Crippen LogP) is 3.47. The van der Waals surface area contributed by atoms with Crippen LogP contribution in [0.15, 0.2) is 30.6 Å². The Kier molecular flexibility index (Phi) is 4.65. The van der Waals surface area contributed by atoms with Gasteiger partial charge in [0.25, 0.3) is 0 Å². The minimum Gasteiger partial charge on any atom is -0.310 e. The van der Waals surface area contributed by atoms with Gasteiger partial charge in [0.2, 0.25) is 0 Å². The summed E-state index contributed by atoms with van der Waals surface area (Å²) in [5.41, 5.74) is 3.26. The Balaban J connectivity index is 2.25. The van der Waals surface area contributed by atoms with Crippen molar-refractivity contribution in [3.63, 3.8) is 0 Å². The highest BCUT2D eigenvalue weighted by molar-refractivity contribution is 5.74.